The van der Waals surface area contributed by atoms with Crippen LogP contribution in [0, 0.1) is 6.92 Å². The normalized spacial score (nSPS) is 17.5. The first-order chi connectivity index (χ1) is 14.3. The smallest absolute Gasteiger partial charge is 0.252 e. The van der Waals surface area contributed by atoms with Gasteiger partial charge in [-0.2, -0.15) is 4.31 Å². The summed E-state index contributed by atoms with van der Waals surface area (Å²) in [5.74, 6) is 0.385. The molecule has 3 rings (SSSR count). The fourth-order valence-electron chi connectivity index (χ4n) is 3.68. The number of nitrogens with zero attached hydrogens (tertiary/aromatic N) is 1. The Kier molecular flexibility index (Phi) is 7.55. The second-order valence-electron chi connectivity index (χ2n) is 7.47. The SMILES string of the molecule is COc1ccc(Br)c(C(=O)NCCC2CCCCN2S(=O)(=O)c2ccc(C)cc2)c1. The maximum absolute atomic E-state index is 13.2. The minimum Gasteiger partial charge on any atom is -0.497 e. The van der Waals surface area contributed by atoms with Crippen LogP contribution in [-0.4, -0.2) is 44.9 Å². The van der Waals surface area contributed by atoms with E-state index in [0.29, 0.717) is 40.2 Å². The molecule has 1 aliphatic heterocycles. The van der Waals surface area contributed by atoms with Crippen LogP contribution in [0.5, 0.6) is 5.75 Å². The number of benzene rings is 2. The van der Waals surface area contributed by atoms with Crippen LogP contribution in [0.2, 0.25) is 0 Å². The summed E-state index contributed by atoms with van der Waals surface area (Å²) in [6, 6.07) is 12.1. The number of amides is 1. The molecule has 1 heterocycles. The third kappa shape index (κ3) is 5.22. The highest BCUT2D eigenvalue weighted by Gasteiger charge is 2.33. The molecule has 1 fully saturated rings. The molecule has 2 aromatic rings. The van der Waals surface area contributed by atoms with Gasteiger partial charge in [-0.3, -0.25) is 4.79 Å². The number of nitrogens with one attached hydrogen (secondary N) is 1. The summed E-state index contributed by atoms with van der Waals surface area (Å²) in [4.78, 5) is 12.9. The Morgan fingerprint density at radius 3 is 2.63 bits per heavy atom. The number of rotatable bonds is 7. The van der Waals surface area contributed by atoms with Gasteiger partial charge in [0.2, 0.25) is 10.0 Å². The molecule has 0 saturated carbocycles. The van der Waals surface area contributed by atoms with Crippen LogP contribution in [0.25, 0.3) is 0 Å². The highest BCUT2D eigenvalue weighted by Crippen LogP contribution is 2.27. The van der Waals surface area contributed by atoms with E-state index in [9.17, 15) is 13.2 Å². The summed E-state index contributed by atoms with van der Waals surface area (Å²) < 4.78 is 33.8. The average Bonchev–Trinajstić information content (AvgIpc) is 2.74. The molecule has 1 aliphatic rings. The Labute approximate surface area is 186 Å². The van der Waals surface area contributed by atoms with Crippen molar-refractivity contribution in [1.29, 1.82) is 0 Å². The average molecular weight is 495 g/mol. The maximum Gasteiger partial charge on any atom is 0.252 e. The van der Waals surface area contributed by atoms with E-state index in [2.05, 4.69) is 21.2 Å². The number of aryl methyl sites for hydroxylation is 1. The van der Waals surface area contributed by atoms with Crippen molar-refractivity contribution in [2.45, 2.75) is 43.5 Å². The number of sulfonamides is 1. The molecule has 8 heteroatoms. The van der Waals surface area contributed by atoms with Gasteiger partial charge < -0.3 is 10.1 Å². The first-order valence-electron chi connectivity index (χ1n) is 10.0. The maximum atomic E-state index is 13.2. The Balaban J connectivity index is 1.66. The summed E-state index contributed by atoms with van der Waals surface area (Å²) in [5, 5.41) is 2.91. The van der Waals surface area contributed by atoms with Gasteiger partial charge in [-0.1, -0.05) is 24.1 Å². The predicted octanol–water partition coefficient (Wildman–Crippen LogP) is 4.13. The van der Waals surface area contributed by atoms with Crippen LogP contribution in [0.15, 0.2) is 51.8 Å². The van der Waals surface area contributed by atoms with Crippen LogP contribution in [0.3, 0.4) is 0 Å². The predicted molar refractivity (Wildman–Crippen MR) is 120 cm³/mol. The summed E-state index contributed by atoms with van der Waals surface area (Å²) in [5.41, 5.74) is 1.51. The van der Waals surface area contributed by atoms with Crippen molar-refractivity contribution in [3.8, 4) is 5.75 Å². The summed E-state index contributed by atoms with van der Waals surface area (Å²) in [7, 11) is -2.00. The van der Waals surface area contributed by atoms with Crippen LogP contribution >= 0.6 is 15.9 Å². The summed E-state index contributed by atoms with van der Waals surface area (Å²) >= 11 is 3.39. The minimum absolute atomic E-state index is 0.126. The molecule has 1 atom stereocenters. The first kappa shape index (κ1) is 22.8. The van der Waals surface area contributed by atoms with Crippen LogP contribution in [-0.2, 0) is 10.0 Å². The van der Waals surface area contributed by atoms with E-state index in [-0.39, 0.29) is 11.9 Å². The standard InChI is InChI=1S/C22H27BrN2O4S/c1-16-6-9-19(10-7-16)30(27,28)25-14-4-3-5-17(25)12-13-24-22(26)20-15-18(29-2)8-11-21(20)23/h6-11,15,17H,3-5,12-14H2,1-2H3,(H,24,26). The molecule has 0 bridgehead atoms. The Morgan fingerprint density at radius 2 is 1.93 bits per heavy atom. The number of carbonyl (C=O) groups excluding carboxylic acids is 1. The van der Waals surface area contributed by atoms with Gasteiger partial charge in [-0.15, -0.1) is 0 Å². The lowest BCUT2D eigenvalue weighted by molar-refractivity contribution is 0.0948. The molecule has 1 saturated heterocycles. The number of halogens is 1. The van der Waals surface area contributed by atoms with Crippen molar-refractivity contribution in [3.05, 3.63) is 58.1 Å². The van der Waals surface area contributed by atoms with E-state index >= 15 is 0 Å². The quantitative estimate of drug-likeness (QED) is 0.627. The van der Waals surface area contributed by atoms with Gasteiger partial charge in [0, 0.05) is 23.6 Å². The Hall–Kier alpha value is -1.90. The molecule has 2 aromatic carbocycles. The molecule has 0 aliphatic carbocycles. The first-order valence-corrected chi connectivity index (χ1v) is 12.3. The van der Waals surface area contributed by atoms with Crippen molar-refractivity contribution in [3.63, 3.8) is 0 Å². The van der Waals surface area contributed by atoms with Gasteiger partial charge in [0.15, 0.2) is 0 Å². The third-order valence-corrected chi connectivity index (χ3v) is 8.04. The van der Waals surface area contributed by atoms with E-state index < -0.39 is 10.0 Å². The molecule has 1 N–H and O–H groups in total. The van der Waals surface area contributed by atoms with E-state index in [1.165, 1.54) is 0 Å². The van der Waals surface area contributed by atoms with Gasteiger partial charge >= 0.3 is 0 Å². The molecule has 6 nitrogen and oxygen atoms in total. The molecular formula is C22H27BrN2O4S. The van der Waals surface area contributed by atoms with Gasteiger partial charge in [0.25, 0.3) is 5.91 Å². The van der Waals surface area contributed by atoms with E-state index in [1.54, 1.807) is 41.7 Å². The zero-order chi connectivity index (χ0) is 21.7. The topological polar surface area (TPSA) is 75.7 Å². The number of carbonyl (C=O) groups is 1. The summed E-state index contributed by atoms with van der Waals surface area (Å²) in [6.07, 6.45) is 3.20. The number of ether oxygens (including phenoxy) is 1. The van der Waals surface area contributed by atoms with Crippen molar-refractivity contribution < 1.29 is 17.9 Å². The van der Waals surface area contributed by atoms with Crippen LogP contribution in [0.1, 0.15) is 41.6 Å². The number of piperidine rings is 1. The fourth-order valence-corrected chi connectivity index (χ4v) is 5.83. The molecule has 1 unspecified atom stereocenters. The number of hydrogen-bond donors (Lipinski definition) is 1. The van der Waals surface area contributed by atoms with Gasteiger partial charge in [-0.05, 0) is 72.4 Å². The van der Waals surface area contributed by atoms with Crippen molar-refractivity contribution in [1.82, 2.24) is 9.62 Å². The molecule has 162 valence electrons. The van der Waals surface area contributed by atoms with Crippen LogP contribution < -0.4 is 10.1 Å². The zero-order valence-electron chi connectivity index (χ0n) is 17.2. The van der Waals surface area contributed by atoms with Crippen LogP contribution in [0.4, 0.5) is 0 Å². The number of methoxy groups -OCH3 is 1. The second kappa shape index (κ2) is 9.94. The molecular weight excluding hydrogens is 468 g/mol. The molecule has 30 heavy (non-hydrogen) atoms. The van der Waals surface area contributed by atoms with Crippen molar-refractivity contribution >= 4 is 31.9 Å². The fraction of sp³-hybridized carbons (Fsp3) is 0.409. The van der Waals surface area contributed by atoms with E-state index in [1.807, 2.05) is 19.1 Å². The van der Waals surface area contributed by atoms with E-state index in [4.69, 9.17) is 4.74 Å². The van der Waals surface area contributed by atoms with Gasteiger partial charge in [0.05, 0.1) is 17.6 Å². The second-order valence-corrected chi connectivity index (χ2v) is 10.2. The van der Waals surface area contributed by atoms with E-state index in [0.717, 1.165) is 24.8 Å². The molecule has 1 amide bonds. The molecule has 0 spiro atoms. The third-order valence-electron chi connectivity index (χ3n) is 5.38. The Bertz CT molecular complexity index is 993. The number of hydrogen-bond acceptors (Lipinski definition) is 4. The zero-order valence-corrected chi connectivity index (χ0v) is 19.6. The highest BCUT2D eigenvalue weighted by molar-refractivity contribution is 9.10. The monoisotopic (exact) mass is 494 g/mol. The van der Waals surface area contributed by atoms with Crippen molar-refractivity contribution in [2.24, 2.45) is 0 Å². The minimum atomic E-state index is -3.55. The Morgan fingerprint density at radius 1 is 1.20 bits per heavy atom. The van der Waals surface area contributed by atoms with Gasteiger partial charge in [-0.25, -0.2) is 8.42 Å². The van der Waals surface area contributed by atoms with Gasteiger partial charge in [0.1, 0.15) is 5.75 Å². The lowest BCUT2D eigenvalue weighted by Crippen LogP contribution is -2.45. The van der Waals surface area contributed by atoms with Crippen molar-refractivity contribution in [2.75, 3.05) is 20.2 Å². The molecule has 0 aromatic heterocycles. The largest absolute Gasteiger partial charge is 0.497 e. The summed E-state index contributed by atoms with van der Waals surface area (Å²) in [6.45, 7) is 2.84. The highest BCUT2D eigenvalue weighted by atomic mass is 79.9. The lowest BCUT2D eigenvalue weighted by Gasteiger charge is -2.34. The lowest BCUT2D eigenvalue weighted by atomic mass is 10.0. The molecule has 0 radical (unpaired) electrons.